The lowest BCUT2D eigenvalue weighted by Crippen LogP contribution is -2.23. The fourth-order valence-electron chi connectivity index (χ4n) is 2.92. The minimum absolute atomic E-state index is 0.266. The van der Waals surface area contributed by atoms with Gasteiger partial charge in [0.15, 0.2) is 17.1 Å². The number of ether oxygens (including phenoxy) is 2. The van der Waals surface area contributed by atoms with Gasteiger partial charge >= 0.3 is 0 Å². The Hall–Kier alpha value is -3.33. The highest BCUT2D eigenvalue weighted by Crippen LogP contribution is 2.28. The Morgan fingerprint density at radius 3 is 2.59 bits per heavy atom. The van der Waals surface area contributed by atoms with E-state index in [0.717, 1.165) is 5.75 Å². The molecule has 1 amide bonds. The highest BCUT2D eigenvalue weighted by atomic mass is 32.2. The predicted octanol–water partition coefficient (Wildman–Crippen LogP) is 4.87. The van der Waals surface area contributed by atoms with Crippen LogP contribution in [0.5, 0.6) is 11.5 Å². The molecule has 0 aliphatic carbocycles. The number of thioether (sulfide) groups is 1. The van der Waals surface area contributed by atoms with E-state index in [1.54, 1.807) is 32.2 Å². The first-order valence-corrected chi connectivity index (χ1v) is 10.9. The minimum atomic E-state index is -0.489. The third-order valence-corrected chi connectivity index (χ3v) is 5.62. The number of benzene rings is 2. The standard InChI is InChI=1S/C23H25FN4O3S/c1-5-13-28-21(15(2)31-20-11-9-19(30-4)10-12-20)26-27-23(28)32-16(3)22(29)25-18-8-6-7-17(24)14-18/h5-12,14-16H,1,13H2,2-4H3,(H,25,29). The Morgan fingerprint density at radius 1 is 1.22 bits per heavy atom. The van der Waals surface area contributed by atoms with E-state index in [0.29, 0.717) is 29.0 Å². The summed E-state index contributed by atoms with van der Waals surface area (Å²) in [5, 5.41) is 11.3. The number of allylic oxidation sites excluding steroid dienone is 1. The number of aromatic nitrogens is 3. The van der Waals surface area contributed by atoms with Crippen LogP contribution in [0.25, 0.3) is 0 Å². The molecule has 2 atom stereocenters. The topological polar surface area (TPSA) is 78.3 Å². The van der Waals surface area contributed by atoms with Crippen LogP contribution in [0.2, 0.25) is 0 Å². The predicted molar refractivity (Wildman–Crippen MR) is 123 cm³/mol. The number of nitrogens with zero attached hydrogens (tertiary/aromatic N) is 3. The van der Waals surface area contributed by atoms with Crippen LogP contribution in [0.1, 0.15) is 25.8 Å². The number of rotatable bonds is 10. The number of amides is 1. The van der Waals surface area contributed by atoms with Crippen molar-refractivity contribution in [2.45, 2.75) is 36.9 Å². The van der Waals surface area contributed by atoms with Gasteiger partial charge in [-0.25, -0.2) is 4.39 Å². The van der Waals surface area contributed by atoms with Crippen molar-refractivity contribution in [3.8, 4) is 11.5 Å². The third kappa shape index (κ3) is 5.88. The van der Waals surface area contributed by atoms with E-state index in [1.807, 2.05) is 35.8 Å². The largest absolute Gasteiger partial charge is 0.497 e. The summed E-state index contributed by atoms with van der Waals surface area (Å²) in [4.78, 5) is 12.6. The second-order valence-electron chi connectivity index (χ2n) is 6.94. The number of anilines is 1. The Labute approximate surface area is 190 Å². The lowest BCUT2D eigenvalue weighted by molar-refractivity contribution is -0.115. The summed E-state index contributed by atoms with van der Waals surface area (Å²) in [6.45, 7) is 7.89. The molecule has 0 aliphatic rings. The second-order valence-corrected chi connectivity index (χ2v) is 8.24. The fourth-order valence-corrected chi connectivity index (χ4v) is 3.79. The van der Waals surface area contributed by atoms with Crippen molar-refractivity contribution in [3.05, 3.63) is 72.8 Å². The average molecular weight is 457 g/mol. The van der Waals surface area contributed by atoms with E-state index in [2.05, 4.69) is 22.1 Å². The molecular formula is C23H25FN4O3S. The molecule has 0 bridgehead atoms. The lowest BCUT2D eigenvalue weighted by Gasteiger charge is -2.17. The zero-order valence-electron chi connectivity index (χ0n) is 18.1. The molecule has 3 aromatic rings. The normalized spacial score (nSPS) is 12.6. The van der Waals surface area contributed by atoms with Crippen LogP contribution in [-0.2, 0) is 11.3 Å². The van der Waals surface area contributed by atoms with E-state index < -0.39 is 11.1 Å². The molecule has 2 unspecified atom stereocenters. The smallest absolute Gasteiger partial charge is 0.237 e. The van der Waals surface area contributed by atoms with E-state index in [9.17, 15) is 9.18 Å². The van der Waals surface area contributed by atoms with Crippen molar-refractivity contribution in [1.29, 1.82) is 0 Å². The van der Waals surface area contributed by atoms with Gasteiger partial charge in [-0.15, -0.1) is 16.8 Å². The molecule has 3 rings (SSSR count). The molecule has 7 nitrogen and oxygen atoms in total. The number of hydrogen-bond donors (Lipinski definition) is 1. The third-order valence-electron chi connectivity index (χ3n) is 4.54. The summed E-state index contributed by atoms with van der Waals surface area (Å²) in [5.74, 6) is 1.34. The summed E-state index contributed by atoms with van der Waals surface area (Å²) in [6.07, 6.45) is 1.34. The molecule has 1 heterocycles. The number of carbonyl (C=O) groups excluding carboxylic acids is 1. The number of hydrogen-bond acceptors (Lipinski definition) is 6. The first-order chi connectivity index (χ1) is 15.4. The zero-order chi connectivity index (χ0) is 23.1. The SMILES string of the molecule is C=CCn1c(SC(C)C(=O)Nc2cccc(F)c2)nnc1C(C)Oc1ccc(OC)cc1. The van der Waals surface area contributed by atoms with Gasteiger partial charge in [0.2, 0.25) is 5.91 Å². The second kappa shape index (κ2) is 10.8. The summed E-state index contributed by atoms with van der Waals surface area (Å²) >= 11 is 1.25. The van der Waals surface area contributed by atoms with Gasteiger partial charge in [0, 0.05) is 12.2 Å². The molecule has 0 saturated carbocycles. The molecule has 1 N–H and O–H groups in total. The highest BCUT2D eigenvalue weighted by Gasteiger charge is 2.23. The van der Waals surface area contributed by atoms with Crippen molar-refractivity contribution in [2.24, 2.45) is 0 Å². The van der Waals surface area contributed by atoms with Crippen LogP contribution >= 0.6 is 11.8 Å². The quantitative estimate of drug-likeness (QED) is 0.346. The molecule has 0 aliphatic heterocycles. The maximum absolute atomic E-state index is 13.4. The van der Waals surface area contributed by atoms with Gasteiger partial charge < -0.3 is 14.8 Å². The first kappa shape index (κ1) is 23.3. The maximum Gasteiger partial charge on any atom is 0.237 e. The summed E-state index contributed by atoms with van der Waals surface area (Å²) in [6, 6.07) is 13.0. The van der Waals surface area contributed by atoms with Crippen LogP contribution in [0.4, 0.5) is 10.1 Å². The van der Waals surface area contributed by atoms with Crippen molar-refractivity contribution in [3.63, 3.8) is 0 Å². The average Bonchev–Trinajstić information content (AvgIpc) is 3.17. The van der Waals surface area contributed by atoms with Crippen molar-refractivity contribution in [2.75, 3.05) is 12.4 Å². The summed E-state index contributed by atoms with van der Waals surface area (Å²) in [5.41, 5.74) is 0.400. The number of nitrogens with one attached hydrogen (secondary N) is 1. The first-order valence-electron chi connectivity index (χ1n) is 9.99. The van der Waals surface area contributed by atoms with E-state index in [1.165, 1.54) is 23.9 Å². The van der Waals surface area contributed by atoms with Crippen LogP contribution in [0, 0.1) is 5.82 Å². The van der Waals surface area contributed by atoms with Gasteiger partial charge in [0.1, 0.15) is 17.3 Å². The van der Waals surface area contributed by atoms with Gasteiger partial charge in [0.25, 0.3) is 0 Å². The van der Waals surface area contributed by atoms with Crippen molar-refractivity contribution < 1.29 is 18.7 Å². The van der Waals surface area contributed by atoms with Crippen LogP contribution < -0.4 is 14.8 Å². The monoisotopic (exact) mass is 456 g/mol. The molecule has 168 valence electrons. The lowest BCUT2D eigenvalue weighted by atomic mass is 10.3. The molecule has 2 aromatic carbocycles. The van der Waals surface area contributed by atoms with Crippen LogP contribution in [0.15, 0.2) is 66.3 Å². The van der Waals surface area contributed by atoms with E-state index in [4.69, 9.17) is 9.47 Å². The van der Waals surface area contributed by atoms with Gasteiger partial charge in [-0.05, 0) is 56.3 Å². The molecule has 0 saturated heterocycles. The van der Waals surface area contributed by atoms with Crippen LogP contribution in [0.3, 0.4) is 0 Å². The molecular weight excluding hydrogens is 431 g/mol. The van der Waals surface area contributed by atoms with Gasteiger partial charge in [-0.2, -0.15) is 0 Å². The van der Waals surface area contributed by atoms with Crippen molar-refractivity contribution >= 4 is 23.4 Å². The van der Waals surface area contributed by atoms with Crippen molar-refractivity contribution in [1.82, 2.24) is 14.8 Å². The maximum atomic E-state index is 13.4. The Balaban J connectivity index is 1.71. The number of methoxy groups -OCH3 is 1. The Bertz CT molecular complexity index is 1070. The van der Waals surface area contributed by atoms with Gasteiger partial charge in [-0.3, -0.25) is 9.36 Å². The van der Waals surface area contributed by atoms with E-state index in [-0.39, 0.29) is 12.0 Å². The summed E-state index contributed by atoms with van der Waals surface area (Å²) in [7, 11) is 1.61. The Morgan fingerprint density at radius 2 is 1.94 bits per heavy atom. The molecule has 9 heteroatoms. The van der Waals surface area contributed by atoms with Gasteiger partial charge in [0.05, 0.1) is 12.4 Å². The number of halogens is 1. The molecule has 1 aromatic heterocycles. The molecule has 0 spiro atoms. The highest BCUT2D eigenvalue weighted by molar-refractivity contribution is 8.00. The number of carbonyl (C=O) groups is 1. The van der Waals surface area contributed by atoms with Gasteiger partial charge in [-0.1, -0.05) is 23.9 Å². The molecule has 0 radical (unpaired) electrons. The molecule has 0 fully saturated rings. The minimum Gasteiger partial charge on any atom is -0.497 e. The van der Waals surface area contributed by atoms with Crippen LogP contribution in [-0.4, -0.2) is 33.0 Å². The molecule has 32 heavy (non-hydrogen) atoms. The summed E-state index contributed by atoms with van der Waals surface area (Å²) < 4.78 is 26.4. The van der Waals surface area contributed by atoms with E-state index >= 15 is 0 Å². The Kier molecular flexibility index (Phi) is 7.88. The zero-order valence-corrected chi connectivity index (χ0v) is 18.9. The fraction of sp³-hybridized carbons (Fsp3) is 0.261.